The molecule has 3 N–H and O–H groups in total. The minimum Gasteiger partial charge on any atom is -0.494 e. The van der Waals surface area contributed by atoms with Crippen LogP contribution in [0.25, 0.3) is 0 Å². The Labute approximate surface area is 173 Å². The predicted octanol–water partition coefficient (Wildman–Crippen LogP) is 3.92. The molecule has 7 heteroatoms. The number of carbonyl (C=O) groups is 2. The third-order valence-corrected chi connectivity index (χ3v) is 4.18. The van der Waals surface area contributed by atoms with Gasteiger partial charge in [0.05, 0.1) is 6.61 Å². The van der Waals surface area contributed by atoms with E-state index in [1.807, 2.05) is 0 Å². The van der Waals surface area contributed by atoms with E-state index in [-0.39, 0.29) is 11.7 Å². The third-order valence-electron chi connectivity index (χ3n) is 4.18. The van der Waals surface area contributed by atoms with Crippen LogP contribution in [-0.2, 0) is 0 Å². The van der Waals surface area contributed by atoms with Crippen molar-refractivity contribution < 1.29 is 23.5 Å². The molecule has 0 aliphatic carbocycles. The lowest BCUT2D eigenvalue weighted by atomic mass is 10.2. The number of hydrogen-bond acceptors (Lipinski definition) is 4. The van der Waals surface area contributed by atoms with Crippen LogP contribution in [0.1, 0.15) is 27.1 Å². The van der Waals surface area contributed by atoms with E-state index in [0.717, 1.165) is 0 Å². The fraction of sp³-hybridized carbons (Fsp3) is 0.130. The molecule has 30 heavy (non-hydrogen) atoms. The number of amides is 2. The summed E-state index contributed by atoms with van der Waals surface area (Å²) in [5.74, 6) is 0.687. The van der Waals surface area contributed by atoms with Gasteiger partial charge in [-0.25, -0.2) is 4.39 Å². The Morgan fingerprint density at radius 1 is 0.800 bits per heavy atom. The van der Waals surface area contributed by atoms with Crippen LogP contribution >= 0.6 is 0 Å². The van der Waals surface area contributed by atoms with Gasteiger partial charge in [-0.2, -0.15) is 0 Å². The average molecular weight is 408 g/mol. The minimum atomic E-state index is -0.501. The molecule has 0 atom stereocenters. The number of nitrogens with two attached hydrogens (primary N) is 1. The van der Waals surface area contributed by atoms with Crippen LogP contribution in [-0.4, -0.2) is 25.0 Å². The normalized spacial score (nSPS) is 10.3. The highest BCUT2D eigenvalue weighted by Gasteiger charge is 2.06. The van der Waals surface area contributed by atoms with Gasteiger partial charge in [0.15, 0.2) is 0 Å². The average Bonchev–Trinajstić information content (AvgIpc) is 2.75. The molecular weight excluding hydrogens is 387 g/mol. The maximum Gasteiger partial charge on any atom is 0.251 e. The highest BCUT2D eigenvalue weighted by molar-refractivity contribution is 5.94. The van der Waals surface area contributed by atoms with Gasteiger partial charge in [-0.15, -0.1) is 0 Å². The van der Waals surface area contributed by atoms with Gasteiger partial charge in [0, 0.05) is 17.7 Å². The van der Waals surface area contributed by atoms with Crippen LogP contribution < -0.4 is 20.5 Å². The number of primary amides is 1. The van der Waals surface area contributed by atoms with Crippen molar-refractivity contribution in [2.75, 3.05) is 13.2 Å². The minimum absolute atomic E-state index is 0.200. The molecule has 2 amide bonds. The first kappa shape index (κ1) is 20.9. The van der Waals surface area contributed by atoms with Crippen molar-refractivity contribution in [2.45, 2.75) is 6.42 Å². The van der Waals surface area contributed by atoms with Gasteiger partial charge in [0.2, 0.25) is 5.91 Å². The molecule has 0 bridgehead atoms. The fourth-order valence-corrected chi connectivity index (χ4v) is 2.59. The van der Waals surface area contributed by atoms with Crippen LogP contribution in [0.5, 0.6) is 17.2 Å². The third kappa shape index (κ3) is 6.07. The molecule has 0 aliphatic heterocycles. The maximum atomic E-state index is 12.8. The summed E-state index contributed by atoms with van der Waals surface area (Å²) in [6, 6.07) is 19.0. The first-order valence-corrected chi connectivity index (χ1v) is 9.35. The van der Waals surface area contributed by atoms with Gasteiger partial charge in [-0.05, 0) is 79.2 Å². The van der Waals surface area contributed by atoms with Crippen LogP contribution in [0, 0.1) is 5.82 Å². The van der Waals surface area contributed by atoms with Gasteiger partial charge >= 0.3 is 0 Å². The summed E-state index contributed by atoms with van der Waals surface area (Å²) in [6.45, 7) is 0.859. The summed E-state index contributed by atoms with van der Waals surface area (Å²) in [7, 11) is 0. The van der Waals surface area contributed by atoms with Gasteiger partial charge in [0.1, 0.15) is 23.1 Å². The van der Waals surface area contributed by atoms with Gasteiger partial charge in [-0.3, -0.25) is 9.59 Å². The second kappa shape index (κ2) is 10.1. The second-order valence-electron chi connectivity index (χ2n) is 6.43. The topological polar surface area (TPSA) is 90.7 Å². The molecule has 3 aromatic carbocycles. The van der Waals surface area contributed by atoms with Gasteiger partial charge < -0.3 is 20.5 Å². The summed E-state index contributed by atoms with van der Waals surface area (Å²) >= 11 is 0. The summed E-state index contributed by atoms with van der Waals surface area (Å²) in [4.78, 5) is 23.3. The fourth-order valence-electron chi connectivity index (χ4n) is 2.59. The van der Waals surface area contributed by atoms with E-state index in [1.165, 1.54) is 12.1 Å². The van der Waals surface area contributed by atoms with Crippen molar-refractivity contribution >= 4 is 11.8 Å². The number of halogens is 1. The lowest BCUT2D eigenvalue weighted by Gasteiger charge is -2.09. The number of rotatable bonds is 9. The zero-order chi connectivity index (χ0) is 21.3. The molecule has 0 aliphatic rings. The van der Waals surface area contributed by atoms with E-state index in [1.54, 1.807) is 60.7 Å². The lowest BCUT2D eigenvalue weighted by molar-refractivity contribution is 0.0950. The smallest absolute Gasteiger partial charge is 0.251 e. The molecule has 6 nitrogen and oxygen atoms in total. The Morgan fingerprint density at radius 3 is 1.90 bits per heavy atom. The second-order valence-corrected chi connectivity index (χ2v) is 6.43. The van der Waals surface area contributed by atoms with E-state index < -0.39 is 5.91 Å². The van der Waals surface area contributed by atoms with Crippen LogP contribution in [0.4, 0.5) is 4.39 Å². The Kier molecular flexibility index (Phi) is 7.00. The van der Waals surface area contributed by atoms with Crippen molar-refractivity contribution in [1.82, 2.24) is 5.32 Å². The largest absolute Gasteiger partial charge is 0.494 e. The van der Waals surface area contributed by atoms with E-state index in [0.29, 0.717) is 47.9 Å². The highest BCUT2D eigenvalue weighted by Crippen LogP contribution is 2.22. The summed E-state index contributed by atoms with van der Waals surface area (Å²) in [6.07, 6.45) is 0.617. The zero-order valence-electron chi connectivity index (χ0n) is 16.1. The Balaban J connectivity index is 1.42. The van der Waals surface area contributed by atoms with Crippen molar-refractivity contribution in [1.29, 1.82) is 0 Å². The Morgan fingerprint density at radius 2 is 1.33 bits per heavy atom. The molecule has 154 valence electrons. The van der Waals surface area contributed by atoms with Gasteiger partial charge in [0.25, 0.3) is 5.91 Å². The first-order valence-electron chi connectivity index (χ1n) is 9.35. The Bertz CT molecular complexity index is 987. The van der Waals surface area contributed by atoms with Crippen molar-refractivity contribution in [3.05, 3.63) is 89.7 Å². The van der Waals surface area contributed by atoms with Gasteiger partial charge in [-0.1, -0.05) is 0 Å². The molecule has 3 aromatic rings. The van der Waals surface area contributed by atoms with E-state index in [2.05, 4.69) is 5.32 Å². The molecule has 0 fully saturated rings. The van der Waals surface area contributed by atoms with Crippen LogP contribution in [0.15, 0.2) is 72.8 Å². The maximum absolute atomic E-state index is 12.8. The molecule has 0 unspecified atom stereocenters. The molecule has 3 rings (SSSR count). The Hall–Kier alpha value is -3.87. The number of benzene rings is 3. The SMILES string of the molecule is NC(=O)c1ccc(Oc2ccc(C(=O)NCCCOc3ccc(F)cc3)cc2)cc1. The predicted molar refractivity (Wildman–Crippen MR) is 110 cm³/mol. The van der Waals surface area contributed by atoms with Crippen molar-refractivity contribution in [3.8, 4) is 17.2 Å². The molecule has 0 saturated heterocycles. The number of ether oxygens (including phenoxy) is 2. The molecule has 0 radical (unpaired) electrons. The summed E-state index contributed by atoms with van der Waals surface area (Å²) < 4.78 is 24.0. The summed E-state index contributed by atoms with van der Waals surface area (Å²) in [5, 5.41) is 2.82. The zero-order valence-corrected chi connectivity index (χ0v) is 16.1. The van der Waals surface area contributed by atoms with Crippen molar-refractivity contribution in [3.63, 3.8) is 0 Å². The van der Waals surface area contributed by atoms with Crippen LogP contribution in [0.2, 0.25) is 0 Å². The number of carbonyl (C=O) groups excluding carboxylic acids is 2. The molecule has 0 aromatic heterocycles. The molecule has 0 saturated carbocycles. The lowest BCUT2D eigenvalue weighted by Crippen LogP contribution is -2.25. The quantitative estimate of drug-likeness (QED) is 0.525. The van der Waals surface area contributed by atoms with E-state index >= 15 is 0 Å². The highest BCUT2D eigenvalue weighted by atomic mass is 19.1. The van der Waals surface area contributed by atoms with E-state index in [4.69, 9.17) is 15.2 Å². The molecule has 0 heterocycles. The first-order chi connectivity index (χ1) is 14.5. The molecular formula is C23H21FN2O4. The standard InChI is InChI=1S/C23H21FN2O4/c24-18-6-12-19(13-7-18)29-15-1-14-26-23(28)17-4-10-21(11-5-17)30-20-8-2-16(3-9-20)22(25)27/h2-13H,1,14-15H2,(H2,25,27)(H,26,28). The number of nitrogens with one attached hydrogen (secondary N) is 1. The summed E-state index contributed by atoms with van der Waals surface area (Å²) in [5.41, 5.74) is 6.11. The van der Waals surface area contributed by atoms with Crippen LogP contribution in [0.3, 0.4) is 0 Å². The molecule has 0 spiro atoms. The van der Waals surface area contributed by atoms with Crippen molar-refractivity contribution in [2.24, 2.45) is 5.73 Å². The monoisotopic (exact) mass is 408 g/mol. The number of hydrogen-bond donors (Lipinski definition) is 2. The van der Waals surface area contributed by atoms with E-state index in [9.17, 15) is 14.0 Å².